The maximum absolute atomic E-state index is 5.57. The van der Waals surface area contributed by atoms with Gasteiger partial charge in [-0.05, 0) is 17.7 Å². The molecule has 2 N–H and O–H groups in total. The molecular formula is C12H9BrN4OS. The summed E-state index contributed by atoms with van der Waals surface area (Å²) >= 11 is 4.75. The van der Waals surface area contributed by atoms with Crippen molar-refractivity contribution in [1.82, 2.24) is 15.1 Å². The molecule has 0 aliphatic heterocycles. The molecule has 0 bridgehead atoms. The fourth-order valence-corrected chi connectivity index (χ4v) is 2.40. The molecule has 5 nitrogen and oxygen atoms in total. The number of aromatic nitrogens is 3. The smallest absolute Gasteiger partial charge is 0.277 e. The average Bonchev–Trinajstić information content (AvgIpc) is 3.01. The minimum absolute atomic E-state index is 0.403. The molecule has 0 radical (unpaired) electrons. The van der Waals surface area contributed by atoms with Crippen molar-refractivity contribution in [3.8, 4) is 11.6 Å². The lowest BCUT2D eigenvalue weighted by Gasteiger charge is -1.96. The molecule has 0 fully saturated rings. The number of nitrogens with two attached hydrogens (primary N) is 1. The number of thiazole rings is 1. The predicted molar refractivity (Wildman–Crippen MR) is 76.8 cm³/mol. The van der Waals surface area contributed by atoms with Crippen LogP contribution in [-0.4, -0.2) is 15.1 Å². The van der Waals surface area contributed by atoms with E-state index in [-0.39, 0.29) is 0 Å². The zero-order valence-corrected chi connectivity index (χ0v) is 12.1. The Labute approximate surface area is 121 Å². The third-order valence-corrected chi connectivity index (χ3v) is 3.69. The van der Waals surface area contributed by atoms with Crippen molar-refractivity contribution in [2.24, 2.45) is 0 Å². The zero-order valence-electron chi connectivity index (χ0n) is 9.71. The lowest BCUT2D eigenvalue weighted by atomic mass is 10.1. The molecule has 0 aliphatic carbocycles. The molecule has 0 amide bonds. The molecule has 0 spiro atoms. The highest BCUT2D eigenvalue weighted by Crippen LogP contribution is 2.22. The highest BCUT2D eigenvalue weighted by molar-refractivity contribution is 9.10. The van der Waals surface area contributed by atoms with E-state index in [2.05, 4.69) is 31.1 Å². The normalized spacial score (nSPS) is 10.8. The van der Waals surface area contributed by atoms with E-state index in [1.807, 2.05) is 24.3 Å². The molecule has 1 aromatic carbocycles. The molecule has 3 aromatic rings. The van der Waals surface area contributed by atoms with Crippen LogP contribution in [0.3, 0.4) is 0 Å². The number of hydrogen-bond donors (Lipinski definition) is 1. The van der Waals surface area contributed by atoms with Crippen molar-refractivity contribution < 1.29 is 4.52 Å². The first-order chi connectivity index (χ1) is 9.20. The number of halogens is 1. The summed E-state index contributed by atoms with van der Waals surface area (Å²) in [4.78, 5) is 8.42. The zero-order chi connectivity index (χ0) is 13.2. The van der Waals surface area contributed by atoms with Gasteiger partial charge in [-0.1, -0.05) is 33.2 Å². The molecule has 0 aliphatic rings. The summed E-state index contributed by atoms with van der Waals surface area (Å²) in [7, 11) is 0. The molecule has 19 heavy (non-hydrogen) atoms. The van der Waals surface area contributed by atoms with Gasteiger partial charge in [0, 0.05) is 16.3 Å². The standard InChI is InChI=1S/C12H9BrN4OS/c13-8-3-1-7(2-4-8)5-10-16-11(18-17-10)9-6-19-12(14)15-9/h1-4,6H,5H2,(H2,14,15). The largest absolute Gasteiger partial charge is 0.375 e. The van der Waals surface area contributed by atoms with Crippen molar-refractivity contribution >= 4 is 32.4 Å². The molecule has 96 valence electrons. The summed E-state index contributed by atoms with van der Waals surface area (Å²) < 4.78 is 6.22. The first-order valence-corrected chi connectivity index (χ1v) is 7.16. The van der Waals surface area contributed by atoms with Crippen LogP contribution in [-0.2, 0) is 6.42 Å². The number of hydrogen-bond acceptors (Lipinski definition) is 6. The van der Waals surface area contributed by atoms with Crippen LogP contribution in [0.1, 0.15) is 11.4 Å². The molecule has 3 rings (SSSR count). The maximum Gasteiger partial charge on any atom is 0.277 e. The Bertz CT molecular complexity index is 692. The molecule has 0 atom stereocenters. The quantitative estimate of drug-likeness (QED) is 0.794. The van der Waals surface area contributed by atoms with Crippen molar-refractivity contribution in [2.45, 2.75) is 6.42 Å². The monoisotopic (exact) mass is 336 g/mol. The first-order valence-electron chi connectivity index (χ1n) is 5.49. The highest BCUT2D eigenvalue weighted by Gasteiger charge is 2.12. The van der Waals surface area contributed by atoms with Gasteiger partial charge in [0.15, 0.2) is 11.0 Å². The van der Waals surface area contributed by atoms with Crippen LogP contribution in [0.25, 0.3) is 11.6 Å². The van der Waals surface area contributed by atoms with Crippen molar-refractivity contribution in [2.75, 3.05) is 5.73 Å². The van der Waals surface area contributed by atoms with E-state index in [4.69, 9.17) is 10.3 Å². The number of anilines is 1. The van der Waals surface area contributed by atoms with Gasteiger partial charge < -0.3 is 10.3 Å². The van der Waals surface area contributed by atoms with Crippen LogP contribution >= 0.6 is 27.3 Å². The third kappa shape index (κ3) is 2.82. The van der Waals surface area contributed by atoms with E-state index in [1.165, 1.54) is 11.3 Å². The second-order valence-electron chi connectivity index (χ2n) is 3.89. The van der Waals surface area contributed by atoms with E-state index in [1.54, 1.807) is 5.38 Å². The summed E-state index contributed by atoms with van der Waals surface area (Å²) in [5.74, 6) is 1.03. The number of nitrogen functional groups attached to an aromatic ring is 1. The van der Waals surface area contributed by atoms with Crippen LogP contribution < -0.4 is 5.73 Å². The Kier molecular flexibility index (Phi) is 3.31. The molecule has 0 saturated heterocycles. The van der Waals surface area contributed by atoms with Gasteiger partial charge in [0.25, 0.3) is 5.89 Å². The van der Waals surface area contributed by atoms with E-state index in [0.717, 1.165) is 10.0 Å². The summed E-state index contributed by atoms with van der Waals surface area (Å²) in [6.45, 7) is 0. The Morgan fingerprint density at radius 3 is 2.68 bits per heavy atom. The van der Waals surface area contributed by atoms with Crippen LogP contribution in [0.2, 0.25) is 0 Å². The topological polar surface area (TPSA) is 77.8 Å². The molecule has 7 heteroatoms. The van der Waals surface area contributed by atoms with Crippen molar-refractivity contribution in [3.05, 3.63) is 45.5 Å². The highest BCUT2D eigenvalue weighted by atomic mass is 79.9. The Morgan fingerprint density at radius 1 is 1.21 bits per heavy atom. The second kappa shape index (κ2) is 5.10. The minimum Gasteiger partial charge on any atom is -0.375 e. The van der Waals surface area contributed by atoms with Gasteiger partial charge in [-0.25, -0.2) is 4.98 Å². The fourth-order valence-electron chi connectivity index (χ4n) is 1.60. The minimum atomic E-state index is 0.403. The lowest BCUT2D eigenvalue weighted by Crippen LogP contribution is -1.90. The Morgan fingerprint density at radius 2 is 2.00 bits per heavy atom. The Balaban J connectivity index is 1.80. The van der Waals surface area contributed by atoms with Crippen molar-refractivity contribution in [3.63, 3.8) is 0 Å². The maximum atomic E-state index is 5.57. The fraction of sp³-hybridized carbons (Fsp3) is 0.0833. The molecule has 2 aromatic heterocycles. The summed E-state index contributed by atoms with van der Waals surface area (Å²) in [5.41, 5.74) is 7.31. The molecule has 2 heterocycles. The van der Waals surface area contributed by atoms with E-state index in [9.17, 15) is 0 Å². The first kappa shape index (κ1) is 12.3. The summed E-state index contributed by atoms with van der Waals surface area (Å²) in [6.07, 6.45) is 0.621. The van der Waals surface area contributed by atoms with Crippen LogP contribution in [0, 0.1) is 0 Å². The van der Waals surface area contributed by atoms with Gasteiger partial charge in [0.1, 0.15) is 5.69 Å². The van der Waals surface area contributed by atoms with Gasteiger partial charge in [0.05, 0.1) is 0 Å². The van der Waals surface area contributed by atoms with Crippen molar-refractivity contribution in [1.29, 1.82) is 0 Å². The third-order valence-electron chi connectivity index (χ3n) is 2.48. The van der Waals surface area contributed by atoms with Gasteiger partial charge in [-0.15, -0.1) is 11.3 Å². The van der Waals surface area contributed by atoms with Crippen LogP contribution in [0.5, 0.6) is 0 Å². The van der Waals surface area contributed by atoms with Gasteiger partial charge in [-0.3, -0.25) is 0 Å². The SMILES string of the molecule is Nc1nc(-c2nc(Cc3ccc(Br)cc3)no2)cs1. The van der Waals surface area contributed by atoms with Gasteiger partial charge in [-0.2, -0.15) is 4.98 Å². The van der Waals surface area contributed by atoms with E-state index >= 15 is 0 Å². The molecular weight excluding hydrogens is 328 g/mol. The number of benzene rings is 1. The number of rotatable bonds is 3. The second-order valence-corrected chi connectivity index (χ2v) is 5.70. The van der Waals surface area contributed by atoms with Crippen LogP contribution in [0.15, 0.2) is 38.6 Å². The van der Waals surface area contributed by atoms with Gasteiger partial charge >= 0.3 is 0 Å². The van der Waals surface area contributed by atoms with Crippen LogP contribution in [0.4, 0.5) is 5.13 Å². The molecule has 0 saturated carbocycles. The summed E-state index contributed by atoms with van der Waals surface area (Å²) in [5, 5.41) is 6.23. The predicted octanol–water partition coefficient (Wildman–Crippen LogP) is 3.13. The van der Waals surface area contributed by atoms with Gasteiger partial charge in [0.2, 0.25) is 0 Å². The van der Waals surface area contributed by atoms with E-state index in [0.29, 0.717) is 29.0 Å². The average molecular weight is 337 g/mol. The lowest BCUT2D eigenvalue weighted by molar-refractivity contribution is 0.423. The molecule has 0 unspecified atom stereocenters. The Hall–Kier alpha value is -1.73. The van der Waals surface area contributed by atoms with E-state index < -0.39 is 0 Å². The number of nitrogens with zero attached hydrogens (tertiary/aromatic N) is 3. The summed E-state index contributed by atoms with van der Waals surface area (Å²) in [6, 6.07) is 8.00.